The monoisotopic (exact) mass is 466 g/mol. The summed E-state index contributed by atoms with van der Waals surface area (Å²) in [6, 6.07) is 7.75. The van der Waals surface area contributed by atoms with Crippen LogP contribution in [0.1, 0.15) is 0 Å². The number of aromatic nitrogens is 3. The van der Waals surface area contributed by atoms with Crippen LogP contribution in [0.5, 0.6) is 5.75 Å². The maximum absolute atomic E-state index is 12.4. The van der Waals surface area contributed by atoms with Crippen LogP contribution in [-0.2, 0) is 9.84 Å². The van der Waals surface area contributed by atoms with Gasteiger partial charge >= 0.3 is 6.61 Å². The molecule has 0 unspecified atom stereocenters. The van der Waals surface area contributed by atoms with Gasteiger partial charge in [0.05, 0.1) is 28.4 Å². The second-order valence-corrected chi connectivity index (χ2v) is 9.53. The Labute approximate surface area is 182 Å². The zero-order chi connectivity index (χ0) is 22.0. The summed E-state index contributed by atoms with van der Waals surface area (Å²) in [6.07, 6.45) is 4.63. The number of sulfone groups is 1. The maximum atomic E-state index is 12.4. The zero-order valence-corrected chi connectivity index (χ0v) is 17.7. The molecule has 0 radical (unpaired) electrons. The largest absolute Gasteiger partial charge is 0.435 e. The van der Waals surface area contributed by atoms with E-state index in [0.717, 1.165) is 0 Å². The summed E-state index contributed by atoms with van der Waals surface area (Å²) in [4.78, 5) is 15.1. The molecule has 4 rings (SSSR count). The molecule has 1 aliphatic rings. The fraction of sp³-hybridized carbons (Fsp3) is 0.250. The summed E-state index contributed by atoms with van der Waals surface area (Å²) >= 11 is 6.35. The van der Waals surface area contributed by atoms with Gasteiger partial charge in [0.1, 0.15) is 17.3 Å². The van der Waals surface area contributed by atoms with Crippen LogP contribution in [0.3, 0.4) is 0 Å². The number of hydrogen-bond acceptors (Lipinski definition) is 7. The van der Waals surface area contributed by atoms with Crippen molar-refractivity contribution in [1.82, 2.24) is 15.0 Å². The van der Waals surface area contributed by atoms with E-state index < -0.39 is 16.4 Å². The molecule has 0 atom stereocenters. The summed E-state index contributed by atoms with van der Waals surface area (Å²) in [5, 5.41) is 0.370. The standard InChI is InChI=1S/C20H17ClF2N4O3S/c21-16-11-24-6-5-15(16)19-18(13-1-3-14(4-2-13)30-20(22)23)25-12-17(26-19)27-7-9-31(28,29)10-8-27/h1-6,11-12,20H,7-10H2. The lowest BCUT2D eigenvalue weighted by Crippen LogP contribution is -2.40. The highest BCUT2D eigenvalue weighted by Crippen LogP contribution is 2.35. The first-order valence-electron chi connectivity index (χ1n) is 9.30. The Hall–Kier alpha value is -2.85. The van der Waals surface area contributed by atoms with Crippen molar-refractivity contribution in [1.29, 1.82) is 0 Å². The minimum absolute atomic E-state index is 0.0290. The summed E-state index contributed by atoms with van der Waals surface area (Å²) in [5.41, 5.74) is 2.19. The van der Waals surface area contributed by atoms with Gasteiger partial charge in [-0.25, -0.2) is 13.4 Å². The topological polar surface area (TPSA) is 85.3 Å². The van der Waals surface area contributed by atoms with Crippen molar-refractivity contribution in [3.63, 3.8) is 0 Å². The molecule has 1 fully saturated rings. The maximum Gasteiger partial charge on any atom is 0.387 e. The molecule has 2 aromatic heterocycles. The highest BCUT2D eigenvalue weighted by Gasteiger charge is 2.24. The number of benzene rings is 1. The Balaban J connectivity index is 1.75. The fourth-order valence-electron chi connectivity index (χ4n) is 3.23. The second kappa shape index (κ2) is 8.72. The van der Waals surface area contributed by atoms with E-state index >= 15 is 0 Å². The van der Waals surface area contributed by atoms with E-state index in [4.69, 9.17) is 16.6 Å². The summed E-state index contributed by atoms with van der Waals surface area (Å²) in [7, 11) is -3.04. The lowest BCUT2D eigenvalue weighted by Gasteiger charge is -2.28. The van der Waals surface area contributed by atoms with Crippen molar-refractivity contribution < 1.29 is 21.9 Å². The molecule has 1 saturated heterocycles. The molecule has 0 N–H and O–H groups in total. The van der Waals surface area contributed by atoms with Gasteiger partial charge in [-0.1, -0.05) is 11.6 Å². The number of alkyl halides is 2. The minimum Gasteiger partial charge on any atom is -0.435 e. The van der Waals surface area contributed by atoms with Gasteiger partial charge in [-0.15, -0.1) is 0 Å². The van der Waals surface area contributed by atoms with Crippen molar-refractivity contribution in [2.75, 3.05) is 29.5 Å². The third-order valence-corrected chi connectivity index (χ3v) is 6.72. The Morgan fingerprint density at radius 2 is 1.74 bits per heavy atom. The summed E-state index contributed by atoms with van der Waals surface area (Å²) < 4.78 is 52.8. The molecular formula is C20H17ClF2N4O3S. The molecule has 0 spiro atoms. The number of pyridine rings is 1. The van der Waals surface area contributed by atoms with Crippen LogP contribution < -0.4 is 9.64 Å². The van der Waals surface area contributed by atoms with Crippen LogP contribution in [0.15, 0.2) is 48.9 Å². The number of nitrogens with zero attached hydrogens (tertiary/aromatic N) is 4. The van der Waals surface area contributed by atoms with E-state index in [2.05, 4.69) is 14.7 Å². The Morgan fingerprint density at radius 3 is 2.39 bits per heavy atom. The van der Waals surface area contributed by atoms with Gasteiger partial charge in [0.2, 0.25) is 0 Å². The van der Waals surface area contributed by atoms with Crippen molar-refractivity contribution in [2.24, 2.45) is 0 Å². The van der Waals surface area contributed by atoms with E-state index in [0.29, 0.717) is 46.4 Å². The first-order chi connectivity index (χ1) is 14.8. The van der Waals surface area contributed by atoms with Crippen LogP contribution in [0.25, 0.3) is 22.5 Å². The predicted octanol–water partition coefficient (Wildman–Crippen LogP) is 3.70. The Kier molecular flexibility index (Phi) is 6.01. The van der Waals surface area contributed by atoms with Gasteiger partial charge in [0, 0.05) is 36.6 Å². The number of hydrogen-bond donors (Lipinski definition) is 0. The van der Waals surface area contributed by atoms with Crippen LogP contribution in [0, 0.1) is 0 Å². The minimum atomic E-state index is -3.04. The quantitative estimate of drug-likeness (QED) is 0.566. The molecule has 0 bridgehead atoms. The molecule has 11 heteroatoms. The average Bonchev–Trinajstić information content (AvgIpc) is 2.74. The lowest BCUT2D eigenvalue weighted by molar-refractivity contribution is -0.0498. The van der Waals surface area contributed by atoms with Crippen molar-refractivity contribution in [3.8, 4) is 28.3 Å². The van der Waals surface area contributed by atoms with Crippen molar-refractivity contribution in [3.05, 3.63) is 53.9 Å². The van der Waals surface area contributed by atoms with E-state index in [9.17, 15) is 17.2 Å². The molecule has 3 heterocycles. The van der Waals surface area contributed by atoms with Crippen molar-refractivity contribution >= 4 is 27.3 Å². The van der Waals surface area contributed by atoms with Gasteiger partial charge < -0.3 is 9.64 Å². The normalized spacial score (nSPS) is 15.8. The number of anilines is 1. The molecule has 1 aromatic carbocycles. The van der Waals surface area contributed by atoms with Crippen LogP contribution in [-0.4, -0.2) is 54.6 Å². The third-order valence-electron chi connectivity index (χ3n) is 4.81. The zero-order valence-electron chi connectivity index (χ0n) is 16.1. The molecule has 162 valence electrons. The molecular weight excluding hydrogens is 450 g/mol. The van der Waals surface area contributed by atoms with E-state index in [1.54, 1.807) is 30.6 Å². The number of halogens is 3. The Bertz CT molecular complexity index is 1180. The first-order valence-corrected chi connectivity index (χ1v) is 11.5. The molecule has 0 amide bonds. The smallest absolute Gasteiger partial charge is 0.387 e. The molecule has 0 aliphatic carbocycles. The highest BCUT2D eigenvalue weighted by molar-refractivity contribution is 7.91. The lowest BCUT2D eigenvalue weighted by atomic mass is 10.0. The number of rotatable bonds is 5. The number of ether oxygens (including phenoxy) is 1. The molecule has 0 saturated carbocycles. The van der Waals surface area contributed by atoms with Gasteiger partial charge in [0.25, 0.3) is 0 Å². The third kappa shape index (κ3) is 4.91. The van der Waals surface area contributed by atoms with E-state index in [1.165, 1.54) is 18.3 Å². The van der Waals surface area contributed by atoms with Gasteiger partial charge in [0.15, 0.2) is 9.84 Å². The van der Waals surface area contributed by atoms with Crippen LogP contribution in [0.4, 0.5) is 14.6 Å². The molecule has 7 nitrogen and oxygen atoms in total. The summed E-state index contributed by atoms with van der Waals surface area (Å²) in [6.45, 7) is -2.27. The first kappa shape index (κ1) is 21.4. The molecule has 3 aromatic rings. The predicted molar refractivity (Wildman–Crippen MR) is 113 cm³/mol. The molecule has 31 heavy (non-hydrogen) atoms. The average molecular weight is 467 g/mol. The van der Waals surface area contributed by atoms with E-state index in [1.807, 2.05) is 4.90 Å². The highest BCUT2D eigenvalue weighted by atomic mass is 35.5. The van der Waals surface area contributed by atoms with Gasteiger partial charge in [-0.3, -0.25) is 9.97 Å². The summed E-state index contributed by atoms with van der Waals surface area (Å²) in [5.74, 6) is 0.654. The molecule has 1 aliphatic heterocycles. The van der Waals surface area contributed by atoms with Gasteiger partial charge in [-0.05, 0) is 30.3 Å². The fourth-order valence-corrected chi connectivity index (χ4v) is 4.64. The van der Waals surface area contributed by atoms with Crippen LogP contribution >= 0.6 is 11.6 Å². The SMILES string of the molecule is O=S1(=O)CCN(c2cnc(-c3ccc(OC(F)F)cc3)c(-c3ccncc3Cl)n2)CC1. The van der Waals surface area contributed by atoms with Crippen LogP contribution in [0.2, 0.25) is 5.02 Å². The van der Waals surface area contributed by atoms with Crippen molar-refractivity contribution in [2.45, 2.75) is 6.61 Å². The second-order valence-electron chi connectivity index (χ2n) is 6.82. The Morgan fingerprint density at radius 1 is 1.03 bits per heavy atom. The van der Waals surface area contributed by atoms with E-state index in [-0.39, 0.29) is 17.3 Å². The van der Waals surface area contributed by atoms with Gasteiger partial charge in [-0.2, -0.15) is 8.78 Å².